The molecule has 0 saturated carbocycles. The molecular weight excluding hydrogens is 85.8 g/mol. The Morgan fingerprint density at radius 3 is 1.86 bits per heavy atom. The number of hydrogen-bond donors (Lipinski definition) is 0. The van der Waals surface area contributed by atoms with Crippen LogP contribution in [0.25, 0.3) is 0 Å². The first-order valence-electron chi connectivity index (χ1n) is 1.47. The van der Waals surface area contributed by atoms with Crippen molar-refractivity contribution in [3.63, 3.8) is 0 Å². The molecular formula is C3H8BLiO2. The molecule has 0 aromatic rings. The standard InChI is InChI=1S/C3H6O2.BH3.Li/c1-2-3(4)5;;/h2H2,1H3,(H,4,5);1H3;/q;;+1/p-1. The minimum Gasteiger partial charge on any atom is -0.550 e. The van der Waals surface area contributed by atoms with Crippen molar-refractivity contribution in [1.29, 1.82) is 0 Å². The Balaban J connectivity index is -0.0000000800. The van der Waals surface area contributed by atoms with Crippen LogP contribution in [0.3, 0.4) is 0 Å². The molecule has 0 N–H and O–H groups in total. The number of carboxylic acids is 1. The molecule has 0 heterocycles. The quantitative estimate of drug-likeness (QED) is 0.305. The summed E-state index contributed by atoms with van der Waals surface area (Å²) in [6.07, 6.45) is 0.111. The fourth-order valence-electron chi connectivity index (χ4n) is 0. The first kappa shape index (κ1) is 15.7. The van der Waals surface area contributed by atoms with Crippen molar-refractivity contribution >= 4 is 14.4 Å². The van der Waals surface area contributed by atoms with Crippen LogP contribution in [0.1, 0.15) is 13.3 Å². The number of aliphatic carboxylic acids is 1. The largest absolute Gasteiger partial charge is 1.00 e. The van der Waals surface area contributed by atoms with E-state index in [0.717, 1.165) is 0 Å². The van der Waals surface area contributed by atoms with E-state index < -0.39 is 5.97 Å². The predicted octanol–water partition coefficient (Wildman–Crippen LogP) is -5.03. The summed E-state index contributed by atoms with van der Waals surface area (Å²) in [6.45, 7) is 1.54. The van der Waals surface area contributed by atoms with E-state index in [4.69, 9.17) is 0 Å². The molecule has 7 heavy (non-hydrogen) atoms. The molecule has 0 aromatic heterocycles. The van der Waals surface area contributed by atoms with Gasteiger partial charge in [0.05, 0.1) is 8.41 Å². The molecule has 0 radical (unpaired) electrons. The van der Waals surface area contributed by atoms with Gasteiger partial charge in [0, 0.05) is 5.97 Å². The molecule has 0 aliphatic carbocycles. The Kier molecular flexibility index (Phi) is 21.2. The van der Waals surface area contributed by atoms with Crippen LogP contribution in [0, 0.1) is 0 Å². The number of carbonyl (C=O) groups excluding carboxylic acids is 1. The Morgan fingerprint density at radius 2 is 1.86 bits per heavy atom. The van der Waals surface area contributed by atoms with Crippen LogP contribution in [0.4, 0.5) is 0 Å². The molecule has 2 nitrogen and oxygen atoms in total. The Morgan fingerprint density at radius 1 is 1.71 bits per heavy atom. The second-order valence-corrected chi connectivity index (χ2v) is 0.726. The van der Waals surface area contributed by atoms with Gasteiger partial charge in [-0.05, 0) is 6.42 Å². The molecule has 0 fully saturated rings. The topological polar surface area (TPSA) is 40.1 Å². The summed E-state index contributed by atoms with van der Waals surface area (Å²) in [6, 6.07) is 0. The van der Waals surface area contributed by atoms with Crippen LogP contribution in [-0.2, 0) is 4.79 Å². The second kappa shape index (κ2) is 9.46. The van der Waals surface area contributed by atoms with Crippen molar-refractivity contribution in [2.45, 2.75) is 13.3 Å². The van der Waals surface area contributed by atoms with Gasteiger partial charge in [0.15, 0.2) is 0 Å². The summed E-state index contributed by atoms with van der Waals surface area (Å²) in [5.41, 5.74) is 0. The minimum atomic E-state index is -0.995. The van der Waals surface area contributed by atoms with Crippen molar-refractivity contribution < 1.29 is 28.8 Å². The predicted molar refractivity (Wildman–Crippen MR) is 25.2 cm³/mol. The SMILES string of the molecule is B.CCC(=O)[O-].[Li+]. The van der Waals surface area contributed by atoms with Gasteiger partial charge in [0.2, 0.25) is 0 Å². The molecule has 0 aliphatic heterocycles. The fourth-order valence-corrected chi connectivity index (χ4v) is 0. The van der Waals surface area contributed by atoms with E-state index in [1.54, 1.807) is 0 Å². The Bertz CT molecular complexity index is 48.2. The van der Waals surface area contributed by atoms with Crippen LogP contribution < -0.4 is 24.0 Å². The molecule has 0 bridgehead atoms. The van der Waals surface area contributed by atoms with E-state index >= 15 is 0 Å². The van der Waals surface area contributed by atoms with Crippen molar-refractivity contribution in [2.75, 3.05) is 0 Å². The molecule has 0 amide bonds. The van der Waals surface area contributed by atoms with E-state index in [9.17, 15) is 9.90 Å². The molecule has 0 aromatic carbocycles. The van der Waals surface area contributed by atoms with E-state index in [-0.39, 0.29) is 33.7 Å². The molecule has 0 atom stereocenters. The summed E-state index contributed by atoms with van der Waals surface area (Å²) in [5.74, 6) is -0.995. The smallest absolute Gasteiger partial charge is 0.550 e. The van der Waals surface area contributed by atoms with Gasteiger partial charge in [-0.3, -0.25) is 0 Å². The molecule has 0 saturated heterocycles. The summed E-state index contributed by atoms with van der Waals surface area (Å²) < 4.78 is 0. The number of carboxylic acid groups (broad SMARTS) is 1. The molecule has 36 valence electrons. The van der Waals surface area contributed by atoms with Crippen LogP contribution in [0.15, 0.2) is 0 Å². The zero-order valence-corrected chi connectivity index (χ0v) is 4.02. The fraction of sp³-hybridized carbons (Fsp3) is 0.667. The zero-order chi connectivity index (χ0) is 4.28. The Labute approximate surface area is 57.0 Å². The van der Waals surface area contributed by atoms with Gasteiger partial charge < -0.3 is 9.90 Å². The third kappa shape index (κ3) is 23.0. The van der Waals surface area contributed by atoms with Gasteiger partial charge in [-0.2, -0.15) is 0 Å². The summed E-state index contributed by atoms with van der Waals surface area (Å²) in [4.78, 5) is 9.26. The van der Waals surface area contributed by atoms with E-state index in [1.165, 1.54) is 6.92 Å². The van der Waals surface area contributed by atoms with Crippen molar-refractivity contribution in [3.8, 4) is 0 Å². The van der Waals surface area contributed by atoms with Crippen LogP contribution in [0.5, 0.6) is 0 Å². The zero-order valence-electron chi connectivity index (χ0n) is 4.02. The summed E-state index contributed by atoms with van der Waals surface area (Å²) in [5, 5.41) is 9.26. The van der Waals surface area contributed by atoms with E-state index in [0.29, 0.717) is 0 Å². The summed E-state index contributed by atoms with van der Waals surface area (Å²) >= 11 is 0. The number of carbonyl (C=O) groups is 1. The van der Waals surface area contributed by atoms with Gasteiger partial charge in [-0.25, -0.2) is 0 Å². The van der Waals surface area contributed by atoms with Crippen LogP contribution in [0.2, 0.25) is 0 Å². The summed E-state index contributed by atoms with van der Waals surface area (Å²) in [7, 11) is 0. The maximum Gasteiger partial charge on any atom is 1.00 e. The minimum absolute atomic E-state index is 0. The van der Waals surface area contributed by atoms with Crippen LogP contribution >= 0.6 is 0 Å². The molecule has 4 heteroatoms. The Hall–Kier alpha value is 0.132. The monoisotopic (exact) mass is 94.1 g/mol. The van der Waals surface area contributed by atoms with Gasteiger partial charge >= 0.3 is 18.9 Å². The van der Waals surface area contributed by atoms with Gasteiger partial charge in [0.1, 0.15) is 0 Å². The van der Waals surface area contributed by atoms with Crippen LogP contribution in [-0.4, -0.2) is 14.4 Å². The third-order valence-electron chi connectivity index (χ3n) is 0.289. The van der Waals surface area contributed by atoms with E-state index in [1.807, 2.05) is 0 Å². The molecule has 0 unspecified atom stereocenters. The first-order valence-corrected chi connectivity index (χ1v) is 1.47. The molecule has 0 spiro atoms. The van der Waals surface area contributed by atoms with Gasteiger partial charge in [-0.15, -0.1) is 0 Å². The normalized spacial score (nSPS) is 5.29. The van der Waals surface area contributed by atoms with Crippen molar-refractivity contribution in [2.24, 2.45) is 0 Å². The average molecular weight is 93.8 g/mol. The van der Waals surface area contributed by atoms with Crippen molar-refractivity contribution in [3.05, 3.63) is 0 Å². The van der Waals surface area contributed by atoms with Gasteiger partial charge in [-0.1, -0.05) is 6.92 Å². The average Bonchev–Trinajstić information content (AvgIpc) is 1.38. The second-order valence-electron chi connectivity index (χ2n) is 0.726. The third-order valence-corrected chi connectivity index (χ3v) is 0.289. The maximum atomic E-state index is 9.26. The van der Waals surface area contributed by atoms with Gasteiger partial charge in [0.25, 0.3) is 0 Å². The first-order chi connectivity index (χ1) is 2.27. The number of hydrogen-bond acceptors (Lipinski definition) is 2. The molecule has 0 rings (SSSR count). The number of rotatable bonds is 1. The van der Waals surface area contributed by atoms with E-state index in [2.05, 4.69) is 0 Å². The van der Waals surface area contributed by atoms with Crippen molar-refractivity contribution in [1.82, 2.24) is 0 Å². The molecule has 0 aliphatic rings. The maximum absolute atomic E-state index is 9.26.